The van der Waals surface area contributed by atoms with Gasteiger partial charge in [0.1, 0.15) is 12.6 Å². The van der Waals surface area contributed by atoms with Crippen molar-refractivity contribution in [3.05, 3.63) is 21.4 Å². The predicted octanol–water partition coefficient (Wildman–Crippen LogP) is 3.30. The number of carbonyl (C=O) groups excluding carboxylic acids is 2. The molecule has 2 amide bonds. The minimum absolute atomic E-state index is 0.234. The van der Waals surface area contributed by atoms with Crippen LogP contribution >= 0.6 is 11.3 Å². The number of nitrogens with zero attached hydrogens (tertiary/aromatic N) is 1. The molecule has 1 aliphatic carbocycles. The van der Waals surface area contributed by atoms with E-state index in [0.717, 1.165) is 25.7 Å². The van der Waals surface area contributed by atoms with Crippen LogP contribution in [0.2, 0.25) is 0 Å². The van der Waals surface area contributed by atoms with Gasteiger partial charge in [-0.05, 0) is 50.2 Å². The van der Waals surface area contributed by atoms with Gasteiger partial charge >= 0.3 is 6.18 Å². The Bertz CT molecular complexity index is 633. The molecule has 1 atom stereocenters. The third-order valence-corrected chi connectivity index (χ3v) is 5.96. The van der Waals surface area contributed by atoms with Crippen LogP contribution in [0.3, 0.4) is 0 Å². The molecular weight excluding hydrogens is 353 g/mol. The van der Waals surface area contributed by atoms with E-state index in [-0.39, 0.29) is 5.91 Å². The van der Waals surface area contributed by atoms with E-state index in [4.69, 9.17) is 0 Å². The van der Waals surface area contributed by atoms with E-state index < -0.39 is 24.7 Å². The molecule has 2 aliphatic rings. The second-order valence-corrected chi connectivity index (χ2v) is 7.75. The number of fused-ring (bicyclic) bond motifs is 1. The first kappa shape index (κ1) is 18.2. The van der Waals surface area contributed by atoms with Gasteiger partial charge < -0.3 is 10.2 Å². The summed E-state index contributed by atoms with van der Waals surface area (Å²) in [5, 5.41) is 1.90. The molecule has 0 unspecified atom stereocenters. The first-order chi connectivity index (χ1) is 11.8. The minimum Gasteiger partial charge on any atom is -0.345 e. The number of likely N-dealkylation sites (tertiary alicyclic amines) is 1. The highest BCUT2D eigenvalue weighted by molar-refractivity contribution is 7.14. The number of nitrogens with one attached hydrogen (secondary N) is 1. The Kier molecular flexibility index (Phi) is 5.36. The number of carbonyl (C=O) groups is 2. The lowest BCUT2D eigenvalue weighted by molar-refractivity contribution is -0.140. The summed E-state index contributed by atoms with van der Waals surface area (Å²) in [5.41, 5.74) is 1.21. The topological polar surface area (TPSA) is 49.4 Å². The lowest BCUT2D eigenvalue weighted by Crippen LogP contribution is -2.47. The Morgan fingerprint density at radius 1 is 1.20 bits per heavy atom. The first-order valence-corrected chi connectivity index (χ1v) is 9.44. The molecule has 4 nitrogen and oxygen atoms in total. The van der Waals surface area contributed by atoms with Crippen LogP contribution in [0.5, 0.6) is 0 Å². The molecule has 0 saturated carbocycles. The van der Waals surface area contributed by atoms with Crippen molar-refractivity contribution in [1.29, 1.82) is 0 Å². The molecule has 1 saturated heterocycles. The zero-order valence-electron chi connectivity index (χ0n) is 13.8. The summed E-state index contributed by atoms with van der Waals surface area (Å²) in [6, 6.07) is 1.10. The van der Waals surface area contributed by atoms with Crippen molar-refractivity contribution in [2.75, 3.05) is 13.1 Å². The summed E-state index contributed by atoms with van der Waals surface area (Å²) >= 11 is 1.47. The fourth-order valence-electron chi connectivity index (χ4n) is 3.50. The highest BCUT2D eigenvalue weighted by Crippen LogP contribution is 2.31. The molecule has 0 aromatic carbocycles. The molecule has 0 spiro atoms. The molecule has 1 N–H and O–H groups in total. The van der Waals surface area contributed by atoms with Crippen LogP contribution in [0.15, 0.2) is 6.07 Å². The first-order valence-electron chi connectivity index (χ1n) is 8.62. The number of aryl methyl sites for hydroxylation is 2. The fourth-order valence-corrected chi connectivity index (χ4v) is 4.71. The van der Waals surface area contributed by atoms with Crippen LogP contribution in [-0.2, 0) is 17.6 Å². The number of hydrogen-bond donors (Lipinski definition) is 1. The SMILES string of the molecule is O=C(NCC(F)(F)F)[C@H]1CCCN1C(=O)c1cc2c(s1)CCCCC2. The zero-order chi connectivity index (χ0) is 18.0. The van der Waals surface area contributed by atoms with E-state index >= 15 is 0 Å². The summed E-state index contributed by atoms with van der Waals surface area (Å²) in [6.07, 6.45) is 1.95. The number of alkyl halides is 3. The lowest BCUT2D eigenvalue weighted by atomic mass is 10.1. The Hall–Kier alpha value is -1.57. The third-order valence-electron chi connectivity index (χ3n) is 4.74. The second kappa shape index (κ2) is 7.35. The van der Waals surface area contributed by atoms with E-state index in [2.05, 4.69) is 0 Å². The van der Waals surface area contributed by atoms with Crippen molar-refractivity contribution < 1.29 is 22.8 Å². The number of hydrogen-bond acceptors (Lipinski definition) is 3. The van der Waals surface area contributed by atoms with Gasteiger partial charge in [-0.15, -0.1) is 11.3 Å². The largest absolute Gasteiger partial charge is 0.405 e. The molecule has 0 radical (unpaired) electrons. The van der Waals surface area contributed by atoms with E-state index in [9.17, 15) is 22.8 Å². The highest BCUT2D eigenvalue weighted by Gasteiger charge is 2.37. The maximum atomic E-state index is 12.8. The maximum Gasteiger partial charge on any atom is 0.405 e. The average Bonchev–Trinajstić information content (AvgIpc) is 3.14. The van der Waals surface area contributed by atoms with Crippen molar-refractivity contribution in [2.24, 2.45) is 0 Å². The van der Waals surface area contributed by atoms with Crippen LogP contribution in [0.25, 0.3) is 0 Å². The van der Waals surface area contributed by atoms with Crippen molar-refractivity contribution in [2.45, 2.75) is 57.2 Å². The predicted molar refractivity (Wildman–Crippen MR) is 88.7 cm³/mol. The van der Waals surface area contributed by atoms with Gasteiger partial charge in [0.25, 0.3) is 5.91 Å². The Labute approximate surface area is 148 Å². The van der Waals surface area contributed by atoms with Gasteiger partial charge in [-0.25, -0.2) is 0 Å². The molecule has 25 heavy (non-hydrogen) atoms. The van der Waals surface area contributed by atoms with Gasteiger partial charge in [-0.1, -0.05) is 6.42 Å². The molecule has 0 bridgehead atoms. The van der Waals surface area contributed by atoms with E-state index in [1.54, 1.807) is 0 Å². The number of thiophene rings is 1. The van der Waals surface area contributed by atoms with Crippen molar-refractivity contribution >= 4 is 23.2 Å². The summed E-state index contributed by atoms with van der Waals surface area (Å²) in [7, 11) is 0. The van der Waals surface area contributed by atoms with Crippen LogP contribution in [0, 0.1) is 0 Å². The van der Waals surface area contributed by atoms with Crippen molar-refractivity contribution in [3.63, 3.8) is 0 Å². The van der Waals surface area contributed by atoms with Gasteiger partial charge in [-0.3, -0.25) is 9.59 Å². The summed E-state index contributed by atoms with van der Waals surface area (Å²) in [6.45, 7) is -0.955. The monoisotopic (exact) mass is 374 g/mol. The van der Waals surface area contributed by atoms with Crippen LogP contribution < -0.4 is 5.32 Å². The molecule has 138 valence electrons. The number of rotatable bonds is 3. The normalized spacial score (nSPS) is 20.9. The third kappa shape index (κ3) is 4.34. The average molecular weight is 374 g/mol. The Balaban J connectivity index is 1.69. The standard InChI is InChI=1S/C17H21F3N2O2S/c18-17(19,20)10-21-15(23)12-6-4-8-22(12)16(24)14-9-11-5-2-1-3-7-13(11)25-14/h9,12H,1-8,10H2,(H,21,23)/t12-/m1/s1. The molecule has 1 aromatic heterocycles. The van der Waals surface area contributed by atoms with Gasteiger partial charge in [0.05, 0.1) is 4.88 Å². The summed E-state index contributed by atoms with van der Waals surface area (Å²) in [5.74, 6) is -0.955. The van der Waals surface area contributed by atoms with Gasteiger partial charge in [0, 0.05) is 11.4 Å². The molecule has 1 fully saturated rings. The second-order valence-electron chi connectivity index (χ2n) is 6.61. The Morgan fingerprint density at radius 3 is 2.72 bits per heavy atom. The van der Waals surface area contributed by atoms with Gasteiger partial charge in [0.15, 0.2) is 0 Å². The van der Waals surface area contributed by atoms with E-state index in [1.165, 1.54) is 33.1 Å². The Morgan fingerprint density at radius 2 is 1.96 bits per heavy atom. The van der Waals surface area contributed by atoms with Gasteiger partial charge in [-0.2, -0.15) is 13.2 Å². The van der Waals surface area contributed by atoms with Crippen molar-refractivity contribution in [1.82, 2.24) is 10.2 Å². The fraction of sp³-hybridized carbons (Fsp3) is 0.647. The molecule has 3 rings (SSSR count). The molecule has 1 aromatic rings. The van der Waals surface area contributed by atoms with E-state index in [0.29, 0.717) is 24.3 Å². The molecule has 8 heteroatoms. The summed E-state index contributed by atoms with van der Waals surface area (Å²) < 4.78 is 36.9. The van der Waals surface area contributed by atoms with Gasteiger partial charge in [0.2, 0.25) is 5.91 Å². The smallest absolute Gasteiger partial charge is 0.345 e. The molecule has 1 aliphatic heterocycles. The number of halogens is 3. The van der Waals surface area contributed by atoms with E-state index in [1.807, 2.05) is 11.4 Å². The van der Waals surface area contributed by atoms with Crippen LogP contribution in [0.1, 0.15) is 52.2 Å². The minimum atomic E-state index is -4.45. The zero-order valence-corrected chi connectivity index (χ0v) is 14.6. The maximum absolute atomic E-state index is 12.8. The molecular formula is C17H21F3N2O2S. The van der Waals surface area contributed by atoms with Crippen LogP contribution in [-0.4, -0.2) is 42.0 Å². The summed E-state index contributed by atoms with van der Waals surface area (Å²) in [4.78, 5) is 28.1. The quantitative estimate of drug-likeness (QED) is 0.826. The lowest BCUT2D eigenvalue weighted by Gasteiger charge is -2.23. The molecule has 2 heterocycles. The number of amides is 2. The van der Waals surface area contributed by atoms with Crippen LogP contribution in [0.4, 0.5) is 13.2 Å². The van der Waals surface area contributed by atoms with Crippen molar-refractivity contribution in [3.8, 4) is 0 Å². The highest BCUT2D eigenvalue weighted by atomic mass is 32.1.